The molecule has 0 bridgehead atoms. The van der Waals surface area contributed by atoms with Crippen molar-refractivity contribution in [1.29, 1.82) is 0 Å². The third-order valence-electron chi connectivity index (χ3n) is 5.72. The molecule has 2 aromatic carbocycles. The number of nitrogens with zero attached hydrogens (tertiary/aromatic N) is 2. The molecule has 2 saturated heterocycles. The fraction of sp³-hybridized carbons (Fsp3) is 0.364. The van der Waals surface area contributed by atoms with Gasteiger partial charge in [-0.3, -0.25) is 14.6 Å². The highest BCUT2D eigenvalue weighted by Crippen LogP contribution is 2.38. The average molecular weight is 398 g/mol. The lowest BCUT2D eigenvalue weighted by Crippen LogP contribution is -2.58. The second-order valence-corrected chi connectivity index (χ2v) is 7.56. The number of halogens is 1. The van der Waals surface area contributed by atoms with Gasteiger partial charge in [-0.2, -0.15) is 0 Å². The molecule has 1 amide bonds. The van der Waals surface area contributed by atoms with Crippen LogP contribution >= 0.6 is 0 Å². The van der Waals surface area contributed by atoms with Gasteiger partial charge in [0.1, 0.15) is 11.5 Å². The highest BCUT2D eigenvalue weighted by Gasteiger charge is 2.54. The Morgan fingerprint density at radius 3 is 2.48 bits per heavy atom. The average Bonchev–Trinajstić information content (AvgIpc) is 3.09. The van der Waals surface area contributed by atoms with Crippen LogP contribution in [0.15, 0.2) is 54.6 Å². The van der Waals surface area contributed by atoms with Gasteiger partial charge < -0.3 is 9.84 Å². The van der Waals surface area contributed by atoms with Gasteiger partial charge in [0.2, 0.25) is 0 Å². The Morgan fingerprint density at radius 1 is 1.10 bits per heavy atom. The summed E-state index contributed by atoms with van der Waals surface area (Å²) in [5.74, 6) is -2.15. The normalized spacial score (nSPS) is 21.4. The van der Waals surface area contributed by atoms with E-state index in [0.717, 1.165) is 12.6 Å². The number of ether oxygens (including phenoxy) is 1. The predicted molar refractivity (Wildman–Crippen MR) is 104 cm³/mol. The van der Waals surface area contributed by atoms with Gasteiger partial charge in [-0.05, 0) is 23.8 Å². The molecule has 7 heteroatoms. The number of carbonyl (C=O) groups excluding carboxylic acids is 1. The number of carbonyl (C=O) groups is 2. The van der Waals surface area contributed by atoms with Crippen molar-refractivity contribution in [3.8, 4) is 0 Å². The zero-order chi connectivity index (χ0) is 20.4. The van der Waals surface area contributed by atoms with Crippen LogP contribution in [0.3, 0.4) is 0 Å². The third kappa shape index (κ3) is 3.88. The number of likely N-dealkylation sites (tertiary alicyclic amines) is 1. The van der Waals surface area contributed by atoms with Crippen LogP contribution in [0.2, 0.25) is 0 Å². The van der Waals surface area contributed by atoms with E-state index in [1.165, 1.54) is 28.7 Å². The molecule has 6 nitrogen and oxygen atoms in total. The second kappa shape index (κ2) is 7.93. The van der Waals surface area contributed by atoms with Gasteiger partial charge in [-0.1, -0.05) is 36.4 Å². The maximum absolute atomic E-state index is 13.6. The van der Waals surface area contributed by atoms with Gasteiger partial charge in [-0.25, -0.2) is 9.18 Å². The smallest absolute Gasteiger partial charge is 0.328 e. The van der Waals surface area contributed by atoms with Crippen LogP contribution in [-0.4, -0.2) is 58.2 Å². The number of carboxylic acid groups (broad SMARTS) is 1. The van der Waals surface area contributed by atoms with E-state index < -0.39 is 29.5 Å². The molecular formula is C22H23FN2O4. The van der Waals surface area contributed by atoms with Gasteiger partial charge in [0.15, 0.2) is 6.04 Å². The van der Waals surface area contributed by atoms with Gasteiger partial charge >= 0.3 is 5.97 Å². The Kier molecular flexibility index (Phi) is 5.34. The highest BCUT2D eigenvalue weighted by atomic mass is 19.1. The molecule has 2 heterocycles. The van der Waals surface area contributed by atoms with E-state index in [2.05, 4.69) is 17.0 Å². The molecule has 1 atom stereocenters. The van der Waals surface area contributed by atoms with Crippen molar-refractivity contribution in [2.75, 3.05) is 19.7 Å². The van der Waals surface area contributed by atoms with Crippen molar-refractivity contribution in [2.24, 2.45) is 0 Å². The van der Waals surface area contributed by atoms with Crippen molar-refractivity contribution in [2.45, 2.75) is 31.2 Å². The lowest BCUT2D eigenvalue weighted by Gasteiger charge is -2.44. The topological polar surface area (TPSA) is 70.1 Å². The number of amides is 1. The zero-order valence-corrected chi connectivity index (χ0v) is 16.0. The highest BCUT2D eigenvalue weighted by molar-refractivity contribution is 5.97. The molecule has 0 aromatic heterocycles. The number of hydrogen-bond donors (Lipinski definition) is 1. The van der Waals surface area contributed by atoms with Gasteiger partial charge in [-0.15, -0.1) is 0 Å². The lowest BCUT2D eigenvalue weighted by atomic mass is 9.96. The fourth-order valence-electron chi connectivity index (χ4n) is 4.22. The molecule has 0 radical (unpaired) electrons. The van der Waals surface area contributed by atoms with Gasteiger partial charge in [0.25, 0.3) is 5.91 Å². The van der Waals surface area contributed by atoms with Gasteiger partial charge in [0, 0.05) is 38.0 Å². The molecule has 2 fully saturated rings. The molecular weight excluding hydrogens is 375 g/mol. The van der Waals surface area contributed by atoms with Crippen LogP contribution in [0.4, 0.5) is 4.39 Å². The van der Waals surface area contributed by atoms with Crippen molar-refractivity contribution in [3.63, 3.8) is 0 Å². The van der Waals surface area contributed by atoms with E-state index in [0.29, 0.717) is 25.9 Å². The largest absolute Gasteiger partial charge is 0.480 e. The number of piperidine rings is 1. The first kappa shape index (κ1) is 19.5. The van der Waals surface area contributed by atoms with Crippen LogP contribution in [0, 0.1) is 5.82 Å². The maximum Gasteiger partial charge on any atom is 0.328 e. The number of carboxylic acids is 1. The van der Waals surface area contributed by atoms with E-state index in [1.807, 2.05) is 18.2 Å². The number of benzene rings is 2. The van der Waals surface area contributed by atoms with E-state index in [9.17, 15) is 19.1 Å². The van der Waals surface area contributed by atoms with Crippen LogP contribution in [0.1, 0.15) is 28.8 Å². The van der Waals surface area contributed by atoms with Crippen molar-refractivity contribution < 1.29 is 23.8 Å². The molecule has 2 aromatic rings. The Hall–Kier alpha value is -2.77. The van der Waals surface area contributed by atoms with E-state index >= 15 is 0 Å². The Bertz CT molecular complexity index is 897. The molecule has 152 valence electrons. The summed E-state index contributed by atoms with van der Waals surface area (Å²) in [5, 5.41) is 9.64. The summed E-state index contributed by atoms with van der Waals surface area (Å²) in [4.78, 5) is 28.5. The molecule has 2 aliphatic heterocycles. The summed E-state index contributed by atoms with van der Waals surface area (Å²) >= 11 is 0. The minimum absolute atomic E-state index is 0.0604. The van der Waals surface area contributed by atoms with Crippen LogP contribution in [0.25, 0.3) is 0 Å². The summed E-state index contributed by atoms with van der Waals surface area (Å²) < 4.78 is 19.6. The minimum atomic E-state index is -1.11. The summed E-state index contributed by atoms with van der Waals surface area (Å²) in [6, 6.07) is 14.4. The molecule has 0 saturated carbocycles. The molecule has 1 spiro atoms. The number of rotatable bonds is 4. The van der Waals surface area contributed by atoms with Crippen LogP contribution in [-0.2, 0) is 16.1 Å². The van der Waals surface area contributed by atoms with E-state index in [-0.39, 0.29) is 12.2 Å². The molecule has 1 unspecified atom stereocenters. The van der Waals surface area contributed by atoms with Crippen LogP contribution in [0.5, 0.6) is 0 Å². The van der Waals surface area contributed by atoms with Crippen molar-refractivity contribution >= 4 is 11.9 Å². The van der Waals surface area contributed by atoms with Crippen molar-refractivity contribution in [3.05, 3.63) is 71.5 Å². The first-order valence-electron chi connectivity index (χ1n) is 9.71. The van der Waals surface area contributed by atoms with Gasteiger partial charge in [0.05, 0.1) is 6.61 Å². The Balaban J connectivity index is 1.54. The molecule has 0 aliphatic carbocycles. The number of hydrogen-bond acceptors (Lipinski definition) is 4. The standard InChI is InChI=1S/C22H23FN2O4/c23-18-8-4-7-17(13-18)20(26)25-19(21(27)28)15-29-22(25)9-11-24(12-10-22)14-16-5-2-1-3-6-16/h1-8,13,19H,9-12,14-15H2,(H,27,28). The quantitative estimate of drug-likeness (QED) is 0.858. The minimum Gasteiger partial charge on any atom is -0.480 e. The first-order valence-corrected chi connectivity index (χ1v) is 9.71. The monoisotopic (exact) mass is 398 g/mol. The molecule has 1 N–H and O–H groups in total. The molecule has 29 heavy (non-hydrogen) atoms. The third-order valence-corrected chi connectivity index (χ3v) is 5.72. The predicted octanol–water partition coefficient (Wildman–Crippen LogP) is 2.74. The second-order valence-electron chi connectivity index (χ2n) is 7.56. The summed E-state index contributed by atoms with van der Waals surface area (Å²) in [7, 11) is 0. The van der Waals surface area contributed by atoms with Crippen LogP contribution < -0.4 is 0 Å². The first-order chi connectivity index (χ1) is 14.0. The summed E-state index contributed by atoms with van der Waals surface area (Å²) in [6.45, 7) is 2.08. The van der Waals surface area contributed by atoms with Crippen molar-refractivity contribution in [1.82, 2.24) is 9.80 Å². The SMILES string of the molecule is O=C(O)C1COC2(CCN(Cc3ccccc3)CC2)N1C(=O)c1cccc(F)c1. The summed E-state index contributed by atoms with van der Waals surface area (Å²) in [5.41, 5.74) is 0.361. The fourth-order valence-corrected chi connectivity index (χ4v) is 4.22. The molecule has 4 rings (SSSR count). The zero-order valence-electron chi connectivity index (χ0n) is 16.0. The maximum atomic E-state index is 13.6. The number of aliphatic carboxylic acids is 1. The van der Waals surface area contributed by atoms with E-state index in [4.69, 9.17) is 4.74 Å². The Labute approximate surface area is 168 Å². The molecule has 2 aliphatic rings. The lowest BCUT2D eigenvalue weighted by molar-refractivity contribution is -0.144. The Morgan fingerprint density at radius 2 is 1.83 bits per heavy atom. The van der Waals surface area contributed by atoms with E-state index in [1.54, 1.807) is 0 Å². The summed E-state index contributed by atoms with van der Waals surface area (Å²) in [6.07, 6.45) is 1.01.